The molecule has 0 saturated carbocycles. The van der Waals surface area contributed by atoms with Crippen molar-refractivity contribution in [3.63, 3.8) is 0 Å². The zero-order valence-electron chi connectivity index (χ0n) is 15.1. The van der Waals surface area contributed by atoms with E-state index in [1.54, 1.807) is 12.3 Å². The monoisotopic (exact) mass is 371 g/mol. The lowest BCUT2D eigenvalue weighted by molar-refractivity contribution is -0.133. The van der Waals surface area contributed by atoms with Crippen molar-refractivity contribution in [2.45, 2.75) is 25.4 Å². The third-order valence-corrected chi connectivity index (χ3v) is 4.60. The van der Waals surface area contributed by atoms with Crippen molar-refractivity contribution < 1.29 is 23.7 Å². The van der Waals surface area contributed by atoms with E-state index in [4.69, 9.17) is 18.9 Å². The Hall–Kier alpha value is -3.03. The van der Waals surface area contributed by atoms with Crippen molar-refractivity contribution in [1.82, 2.24) is 14.9 Å². The molecule has 4 rings (SSSR count). The van der Waals surface area contributed by atoms with Gasteiger partial charge in [-0.2, -0.15) is 4.98 Å². The molecule has 0 spiro atoms. The lowest BCUT2D eigenvalue weighted by atomic mass is 10.1. The van der Waals surface area contributed by atoms with Crippen LogP contribution in [-0.4, -0.2) is 53.9 Å². The Labute approximate surface area is 157 Å². The summed E-state index contributed by atoms with van der Waals surface area (Å²) in [6, 6.07) is 7.56. The van der Waals surface area contributed by atoms with Gasteiger partial charge in [0.15, 0.2) is 11.5 Å². The number of hydrogen-bond donors (Lipinski definition) is 0. The van der Waals surface area contributed by atoms with E-state index in [0.717, 1.165) is 30.7 Å². The highest BCUT2D eigenvalue weighted by Crippen LogP contribution is 2.32. The molecule has 8 heteroatoms. The van der Waals surface area contributed by atoms with Crippen LogP contribution in [0.15, 0.2) is 30.5 Å². The molecular formula is C19H21N3O5. The van der Waals surface area contributed by atoms with Gasteiger partial charge in [-0.1, -0.05) is 6.07 Å². The van der Waals surface area contributed by atoms with Gasteiger partial charge in [0.25, 0.3) is 0 Å². The number of ether oxygens (including phenoxy) is 4. The Morgan fingerprint density at radius 2 is 2.19 bits per heavy atom. The molecule has 0 bridgehead atoms. The van der Waals surface area contributed by atoms with E-state index in [2.05, 4.69) is 9.97 Å². The van der Waals surface area contributed by atoms with Crippen molar-refractivity contribution in [3.05, 3.63) is 36.0 Å². The van der Waals surface area contributed by atoms with Crippen molar-refractivity contribution in [2.75, 3.05) is 27.0 Å². The second-order valence-electron chi connectivity index (χ2n) is 6.47. The van der Waals surface area contributed by atoms with Gasteiger partial charge in [0.2, 0.25) is 18.6 Å². The predicted octanol–water partition coefficient (Wildman–Crippen LogP) is 1.83. The Kier molecular flexibility index (Phi) is 4.95. The van der Waals surface area contributed by atoms with Crippen molar-refractivity contribution in [1.29, 1.82) is 0 Å². The van der Waals surface area contributed by atoms with Crippen LogP contribution in [0.3, 0.4) is 0 Å². The quantitative estimate of drug-likeness (QED) is 0.793. The number of aromatic nitrogens is 2. The number of nitrogens with zero attached hydrogens (tertiary/aromatic N) is 3. The summed E-state index contributed by atoms with van der Waals surface area (Å²) in [6.45, 7) is 1.50. The van der Waals surface area contributed by atoms with Gasteiger partial charge in [0.05, 0.1) is 20.1 Å². The van der Waals surface area contributed by atoms with Crippen LogP contribution >= 0.6 is 0 Å². The summed E-state index contributed by atoms with van der Waals surface area (Å²) in [5.41, 5.74) is 0.910. The number of hydrogen-bond acceptors (Lipinski definition) is 7. The molecule has 1 aromatic heterocycles. The van der Waals surface area contributed by atoms with E-state index < -0.39 is 0 Å². The van der Waals surface area contributed by atoms with Gasteiger partial charge in [-0.3, -0.25) is 4.79 Å². The number of methoxy groups -OCH3 is 1. The van der Waals surface area contributed by atoms with Crippen LogP contribution in [0.4, 0.5) is 0 Å². The number of amides is 1. The number of piperidine rings is 1. The fourth-order valence-electron chi connectivity index (χ4n) is 3.26. The van der Waals surface area contributed by atoms with Gasteiger partial charge in [-0.15, -0.1) is 0 Å². The van der Waals surface area contributed by atoms with E-state index in [1.807, 2.05) is 23.1 Å². The summed E-state index contributed by atoms with van der Waals surface area (Å²) >= 11 is 0. The Balaban J connectivity index is 1.36. The van der Waals surface area contributed by atoms with Crippen LogP contribution in [0.5, 0.6) is 23.4 Å². The maximum atomic E-state index is 12.7. The van der Waals surface area contributed by atoms with Crippen LogP contribution in [0.25, 0.3) is 0 Å². The van der Waals surface area contributed by atoms with Crippen LogP contribution in [-0.2, 0) is 11.2 Å². The molecule has 2 aliphatic heterocycles. The minimum atomic E-state index is -0.0981. The molecule has 27 heavy (non-hydrogen) atoms. The van der Waals surface area contributed by atoms with Crippen LogP contribution in [0, 0.1) is 0 Å². The topological polar surface area (TPSA) is 83.0 Å². The molecule has 142 valence electrons. The minimum Gasteiger partial charge on any atom is -0.472 e. The SMILES string of the molecule is COc1nccc(OC2CCCN(C(=O)Cc3ccc4c(c3)OCO4)C2)n1. The lowest BCUT2D eigenvalue weighted by Crippen LogP contribution is -2.45. The Bertz CT molecular complexity index is 829. The summed E-state index contributed by atoms with van der Waals surface area (Å²) in [5, 5.41) is 0. The fraction of sp³-hybridized carbons (Fsp3) is 0.421. The second kappa shape index (κ2) is 7.69. The lowest BCUT2D eigenvalue weighted by Gasteiger charge is -2.32. The summed E-state index contributed by atoms with van der Waals surface area (Å²) in [7, 11) is 1.51. The highest BCUT2D eigenvalue weighted by atomic mass is 16.7. The first-order valence-electron chi connectivity index (χ1n) is 8.91. The molecule has 0 aliphatic carbocycles. The summed E-state index contributed by atoms with van der Waals surface area (Å²) in [6.07, 6.45) is 3.58. The molecule has 3 heterocycles. The van der Waals surface area contributed by atoms with Gasteiger partial charge in [0.1, 0.15) is 6.10 Å². The van der Waals surface area contributed by atoms with E-state index in [9.17, 15) is 4.79 Å². The number of rotatable bonds is 5. The maximum absolute atomic E-state index is 12.7. The molecule has 8 nitrogen and oxygen atoms in total. The van der Waals surface area contributed by atoms with Crippen LogP contribution < -0.4 is 18.9 Å². The summed E-state index contributed by atoms with van der Waals surface area (Å²) in [4.78, 5) is 22.7. The van der Waals surface area contributed by atoms with Crippen LogP contribution in [0.1, 0.15) is 18.4 Å². The van der Waals surface area contributed by atoms with Gasteiger partial charge in [-0.05, 0) is 30.5 Å². The third kappa shape index (κ3) is 4.05. The largest absolute Gasteiger partial charge is 0.472 e. The number of benzene rings is 1. The molecule has 0 N–H and O–H groups in total. The average Bonchev–Trinajstić information content (AvgIpc) is 3.16. The van der Waals surface area contributed by atoms with Crippen LogP contribution in [0.2, 0.25) is 0 Å². The van der Waals surface area contributed by atoms with Gasteiger partial charge in [-0.25, -0.2) is 4.98 Å². The zero-order valence-corrected chi connectivity index (χ0v) is 15.1. The molecular weight excluding hydrogens is 350 g/mol. The number of carbonyl (C=O) groups is 1. The maximum Gasteiger partial charge on any atom is 0.319 e. The van der Waals surface area contributed by atoms with Crippen molar-refractivity contribution in [2.24, 2.45) is 0 Å². The number of carbonyl (C=O) groups excluding carboxylic acids is 1. The number of likely N-dealkylation sites (tertiary alicyclic amines) is 1. The van der Waals surface area contributed by atoms with Crippen molar-refractivity contribution >= 4 is 5.91 Å². The molecule has 1 saturated heterocycles. The smallest absolute Gasteiger partial charge is 0.319 e. The molecule has 1 aromatic carbocycles. The molecule has 1 amide bonds. The summed E-state index contributed by atoms with van der Waals surface area (Å²) in [5.74, 6) is 1.94. The first kappa shape index (κ1) is 17.4. The predicted molar refractivity (Wildman–Crippen MR) is 95.1 cm³/mol. The van der Waals surface area contributed by atoms with Crippen molar-refractivity contribution in [3.8, 4) is 23.4 Å². The van der Waals surface area contributed by atoms with Gasteiger partial charge < -0.3 is 23.8 Å². The molecule has 1 unspecified atom stereocenters. The zero-order chi connectivity index (χ0) is 18.6. The highest BCUT2D eigenvalue weighted by Gasteiger charge is 2.26. The van der Waals surface area contributed by atoms with Gasteiger partial charge in [0, 0.05) is 18.8 Å². The average molecular weight is 371 g/mol. The second-order valence-corrected chi connectivity index (χ2v) is 6.47. The first-order valence-corrected chi connectivity index (χ1v) is 8.91. The molecule has 2 aliphatic rings. The van der Waals surface area contributed by atoms with E-state index in [-0.39, 0.29) is 24.8 Å². The summed E-state index contributed by atoms with van der Waals surface area (Å²) < 4.78 is 21.6. The van der Waals surface area contributed by atoms with E-state index in [1.165, 1.54) is 7.11 Å². The molecule has 1 fully saturated rings. The van der Waals surface area contributed by atoms with E-state index in [0.29, 0.717) is 24.6 Å². The fourth-order valence-corrected chi connectivity index (χ4v) is 3.26. The molecule has 2 aromatic rings. The molecule has 1 atom stereocenters. The minimum absolute atomic E-state index is 0.0717. The molecule has 0 radical (unpaired) electrons. The number of fused-ring (bicyclic) bond motifs is 1. The Morgan fingerprint density at radius 3 is 3.07 bits per heavy atom. The third-order valence-electron chi connectivity index (χ3n) is 4.60. The van der Waals surface area contributed by atoms with E-state index >= 15 is 0 Å². The normalized spacial score (nSPS) is 18.3. The first-order chi connectivity index (χ1) is 13.2. The van der Waals surface area contributed by atoms with Gasteiger partial charge >= 0.3 is 6.01 Å². The standard InChI is InChI=1S/C19H21N3O5/c1-24-19-20-7-6-17(21-19)27-14-3-2-8-22(11-14)18(23)10-13-4-5-15-16(9-13)26-12-25-15/h4-7,9,14H,2-3,8,10-12H2,1H3. The Morgan fingerprint density at radius 1 is 1.30 bits per heavy atom. The highest BCUT2D eigenvalue weighted by molar-refractivity contribution is 5.79.